The van der Waals surface area contributed by atoms with E-state index in [1.54, 1.807) is 17.0 Å². The Bertz CT molecular complexity index is 1040. The van der Waals surface area contributed by atoms with Crippen molar-refractivity contribution in [2.75, 3.05) is 6.54 Å². The molecule has 1 aromatic carbocycles. The van der Waals surface area contributed by atoms with Gasteiger partial charge in [0.2, 0.25) is 5.91 Å². The number of aryl methyl sites for hydroxylation is 2. The van der Waals surface area contributed by atoms with Crippen molar-refractivity contribution in [1.82, 2.24) is 29.2 Å². The minimum atomic E-state index is -0.120. The molecule has 1 amide bonds. The number of hydrogen-bond acceptors (Lipinski definition) is 5. The number of para-hydroxylation sites is 1. The molecule has 0 N–H and O–H groups in total. The van der Waals surface area contributed by atoms with Crippen LogP contribution in [0.25, 0.3) is 10.9 Å². The fraction of sp³-hybridized carbons (Fsp3) is 0.389. The molecule has 1 aliphatic heterocycles. The lowest BCUT2D eigenvalue weighted by Gasteiger charge is -2.32. The minimum Gasteiger partial charge on any atom is -0.333 e. The molecule has 0 spiro atoms. The molecule has 0 saturated heterocycles. The van der Waals surface area contributed by atoms with E-state index in [-0.39, 0.29) is 23.9 Å². The third-order valence-corrected chi connectivity index (χ3v) is 4.85. The van der Waals surface area contributed by atoms with E-state index < -0.39 is 0 Å². The summed E-state index contributed by atoms with van der Waals surface area (Å²) in [5.41, 5.74) is 0.547. The van der Waals surface area contributed by atoms with Crippen LogP contribution in [0, 0.1) is 6.92 Å². The van der Waals surface area contributed by atoms with E-state index in [0.29, 0.717) is 30.5 Å². The van der Waals surface area contributed by atoms with Gasteiger partial charge in [0.25, 0.3) is 5.56 Å². The monoisotopic (exact) mass is 352 g/mol. The summed E-state index contributed by atoms with van der Waals surface area (Å²) in [5.74, 6) is 1.68. The summed E-state index contributed by atoms with van der Waals surface area (Å²) in [7, 11) is 0. The fourth-order valence-electron chi connectivity index (χ4n) is 3.56. The summed E-state index contributed by atoms with van der Waals surface area (Å²) in [6.45, 7) is 5.36. The molecule has 1 aliphatic rings. The second-order valence-electron chi connectivity index (χ2n) is 6.67. The lowest BCUT2D eigenvalue weighted by atomic mass is 10.2. The summed E-state index contributed by atoms with van der Waals surface area (Å²) in [6.07, 6.45) is 1.76. The standard InChI is InChI=1S/C18H20N6O2/c1-12-9-23(10-16-21-20-13(2)24(12)16)17(25)7-8-22-11-19-15-6-4-3-5-14(15)18(22)26/h3-6,11-12H,7-10H2,1-2H3/t12-/m1/s1. The zero-order chi connectivity index (χ0) is 18.3. The minimum absolute atomic E-state index is 0.00353. The van der Waals surface area contributed by atoms with E-state index >= 15 is 0 Å². The van der Waals surface area contributed by atoms with Crippen molar-refractivity contribution in [2.45, 2.75) is 39.4 Å². The molecule has 26 heavy (non-hydrogen) atoms. The summed E-state index contributed by atoms with van der Waals surface area (Å²) in [6, 6.07) is 7.36. The molecule has 2 aromatic heterocycles. The first-order valence-electron chi connectivity index (χ1n) is 8.67. The quantitative estimate of drug-likeness (QED) is 0.709. The number of nitrogens with zero attached hydrogens (tertiary/aromatic N) is 6. The Hall–Kier alpha value is -3.03. The molecule has 3 aromatic rings. The van der Waals surface area contributed by atoms with Crippen molar-refractivity contribution in [3.05, 3.63) is 52.6 Å². The topological polar surface area (TPSA) is 85.9 Å². The zero-order valence-electron chi connectivity index (χ0n) is 14.8. The average molecular weight is 352 g/mol. The Balaban J connectivity index is 1.48. The van der Waals surface area contributed by atoms with Gasteiger partial charge in [-0.25, -0.2) is 4.98 Å². The van der Waals surface area contributed by atoms with Crippen molar-refractivity contribution in [3.63, 3.8) is 0 Å². The molecule has 0 radical (unpaired) electrons. The molecule has 0 saturated carbocycles. The molecular formula is C18H20N6O2. The Labute approximate surface area is 150 Å². The van der Waals surface area contributed by atoms with Crippen molar-refractivity contribution in [2.24, 2.45) is 0 Å². The van der Waals surface area contributed by atoms with E-state index in [2.05, 4.69) is 26.7 Å². The van der Waals surface area contributed by atoms with Crippen molar-refractivity contribution >= 4 is 16.8 Å². The molecule has 0 bridgehead atoms. The molecular weight excluding hydrogens is 332 g/mol. The Morgan fingerprint density at radius 1 is 1.27 bits per heavy atom. The summed E-state index contributed by atoms with van der Waals surface area (Å²) >= 11 is 0. The van der Waals surface area contributed by atoms with Gasteiger partial charge in [-0.3, -0.25) is 14.2 Å². The predicted octanol–water partition coefficient (Wildman–Crippen LogP) is 1.29. The van der Waals surface area contributed by atoms with E-state index in [9.17, 15) is 9.59 Å². The van der Waals surface area contributed by atoms with Crippen LogP contribution in [-0.4, -0.2) is 41.7 Å². The lowest BCUT2D eigenvalue weighted by Crippen LogP contribution is -2.41. The summed E-state index contributed by atoms with van der Waals surface area (Å²) in [5, 5.41) is 8.82. The number of fused-ring (bicyclic) bond motifs is 2. The third-order valence-electron chi connectivity index (χ3n) is 4.85. The first-order chi connectivity index (χ1) is 12.5. The third kappa shape index (κ3) is 2.77. The van der Waals surface area contributed by atoms with Gasteiger partial charge in [-0.1, -0.05) is 12.1 Å². The number of benzene rings is 1. The van der Waals surface area contributed by atoms with Crippen LogP contribution in [0.3, 0.4) is 0 Å². The normalized spacial score (nSPS) is 16.7. The lowest BCUT2D eigenvalue weighted by molar-refractivity contribution is -0.133. The maximum atomic E-state index is 12.6. The van der Waals surface area contributed by atoms with Gasteiger partial charge in [0.1, 0.15) is 5.82 Å². The highest BCUT2D eigenvalue weighted by Gasteiger charge is 2.27. The zero-order valence-corrected chi connectivity index (χ0v) is 14.8. The molecule has 8 nitrogen and oxygen atoms in total. The molecule has 0 aliphatic carbocycles. The van der Waals surface area contributed by atoms with Crippen molar-refractivity contribution in [1.29, 1.82) is 0 Å². The van der Waals surface area contributed by atoms with Crippen LogP contribution in [-0.2, 0) is 17.9 Å². The van der Waals surface area contributed by atoms with Gasteiger partial charge in [-0.2, -0.15) is 0 Å². The van der Waals surface area contributed by atoms with Gasteiger partial charge in [-0.15, -0.1) is 10.2 Å². The van der Waals surface area contributed by atoms with Gasteiger partial charge in [0, 0.05) is 19.5 Å². The van der Waals surface area contributed by atoms with E-state index in [4.69, 9.17) is 0 Å². The van der Waals surface area contributed by atoms with Crippen LogP contribution in [0.4, 0.5) is 0 Å². The number of aromatic nitrogens is 5. The van der Waals surface area contributed by atoms with Crippen molar-refractivity contribution < 1.29 is 4.79 Å². The summed E-state index contributed by atoms with van der Waals surface area (Å²) < 4.78 is 3.57. The molecule has 0 fully saturated rings. The molecule has 4 rings (SSSR count). The largest absolute Gasteiger partial charge is 0.333 e. The van der Waals surface area contributed by atoms with Crippen LogP contribution in [0.15, 0.2) is 35.4 Å². The highest BCUT2D eigenvalue weighted by molar-refractivity contribution is 5.77. The van der Waals surface area contributed by atoms with Gasteiger partial charge in [-0.05, 0) is 26.0 Å². The number of carbonyl (C=O) groups is 1. The molecule has 0 unspecified atom stereocenters. The second kappa shape index (κ2) is 6.36. The van der Waals surface area contributed by atoms with Crippen molar-refractivity contribution in [3.8, 4) is 0 Å². The Kier molecular flexibility index (Phi) is 4.02. The van der Waals surface area contributed by atoms with Crippen LogP contribution < -0.4 is 5.56 Å². The second-order valence-corrected chi connectivity index (χ2v) is 6.67. The highest BCUT2D eigenvalue weighted by Crippen LogP contribution is 2.21. The SMILES string of the molecule is Cc1nnc2n1[C@H](C)CN(C(=O)CCn1cnc3ccccc3c1=O)C2. The van der Waals surface area contributed by atoms with E-state index in [1.807, 2.05) is 19.1 Å². The van der Waals surface area contributed by atoms with E-state index in [0.717, 1.165) is 11.6 Å². The molecule has 8 heteroatoms. The maximum absolute atomic E-state index is 12.6. The number of carbonyl (C=O) groups excluding carboxylic acids is 1. The predicted molar refractivity (Wildman–Crippen MR) is 95.5 cm³/mol. The number of hydrogen-bond donors (Lipinski definition) is 0. The maximum Gasteiger partial charge on any atom is 0.261 e. The number of amides is 1. The van der Waals surface area contributed by atoms with Crippen LogP contribution in [0.2, 0.25) is 0 Å². The molecule has 3 heterocycles. The number of rotatable bonds is 3. The van der Waals surface area contributed by atoms with Gasteiger partial charge >= 0.3 is 0 Å². The Morgan fingerprint density at radius 2 is 2.08 bits per heavy atom. The Morgan fingerprint density at radius 3 is 2.92 bits per heavy atom. The fourth-order valence-corrected chi connectivity index (χ4v) is 3.56. The first kappa shape index (κ1) is 16.4. The van der Waals surface area contributed by atoms with Gasteiger partial charge < -0.3 is 9.47 Å². The average Bonchev–Trinajstić information content (AvgIpc) is 3.02. The van der Waals surface area contributed by atoms with Crippen LogP contribution in [0.1, 0.15) is 31.0 Å². The van der Waals surface area contributed by atoms with Crippen LogP contribution >= 0.6 is 0 Å². The van der Waals surface area contributed by atoms with Gasteiger partial charge in [0.05, 0.1) is 29.8 Å². The molecule has 1 atom stereocenters. The van der Waals surface area contributed by atoms with E-state index in [1.165, 1.54) is 10.9 Å². The highest BCUT2D eigenvalue weighted by atomic mass is 16.2. The smallest absolute Gasteiger partial charge is 0.261 e. The molecule has 134 valence electrons. The summed E-state index contributed by atoms with van der Waals surface area (Å²) in [4.78, 5) is 31.2. The van der Waals surface area contributed by atoms with Crippen LogP contribution in [0.5, 0.6) is 0 Å². The first-order valence-corrected chi connectivity index (χ1v) is 8.67. The van der Waals surface area contributed by atoms with Gasteiger partial charge in [0.15, 0.2) is 5.82 Å².